The van der Waals surface area contributed by atoms with Crippen molar-refractivity contribution in [2.75, 3.05) is 18.4 Å². The summed E-state index contributed by atoms with van der Waals surface area (Å²) in [5.74, 6) is -0.203. The summed E-state index contributed by atoms with van der Waals surface area (Å²) in [6.45, 7) is 3.68. The van der Waals surface area contributed by atoms with Gasteiger partial charge in [-0.25, -0.2) is 4.98 Å². The molecule has 1 aromatic heterocycles. The molecule has 0 saturated carbocycles. The molecule has 0 aliphatic carbocycles. The molecule has 1 aliphatic rings. The molecule has 6 heteroatoms. The van der Waals surface area contributed by atoms with Crippen LogP contribution in [-0.2, 0) is 0 Å². The number of benzene rings is 2. The molecule has 0 radical (unpaired) electrons. The molecule has 2 heterocycles. The lowest BCUT2D eigenvalue weighted by atomic mass is 10.1. The monoisotopic (exact) mass is 391 g/mol. The Morgan fingerprint density at radius 2 is 1.68 bits per heavy atom. The maximum Gasteiger partial charge on any atom is 0.275 e. The molecule has 142 valence electrons. The second-order valence-corrected chi connectivity index (χ2v) is 7.79. The SMILES string of the molecule is Cc1ccc(-c2nc(C(=O)Nc3ccc(C(=O)N4CCCC4)cc3)cs2)cc1. The smallest absolute Gasteiger partial charge is 0.275 e. The highest BCUT2D eigenvalue weighted by molar-refractivity contribution is 7.13. The minimum atomic E-state index is -0.256. The van der Waals surface area contributed by atoms with Crippen molar-refractivity contribution >= 4 is 28.8 Å². The number of carbonyl (C=O) groups excluding carboxylic acids is 2. The van der Waals surface area contributed by atoms with E-state index in [0.29, 0.717) is 16.9 Å². The van der Waals surface area contributed by atoms with Crippen molar-refractivity contribution in [1.82, 2.24) is 9.88 Å². The van der Waals surface area contributed by atoms with Gasteiger partial charge in [0.05, 0.1) is 0 Å². The average Bonchev–Trinajstić information content (AvgIpc) is 3.41. The van der Waals surface area contributed by atoms with Crippen LogP contribution in [0.3, 0.4) is 0 Å². The Hall–Kier alpha value is -2.99. The predicted molar refractivity (Wildman–Crippen MR) is 112 cm³/mol. The Bertz CT molecular complexity index is 987. The number of nitrogens with zero attached hydrogens (tertiary/aromatic N) is 2. The largest absolute Gasteiger partial charge is 0.339 e. The van der Waals surface area contributed by atoms with Crippen LogP contribution < -0.4 is 5.32 Å². The third-order valence-corrected chi connectivity index (χ3v) is 5.71. The number of carbonyl (C=O) groups is 2. The van der Waals surface area contributed by atoms with Gasteiger partial charge in [0.25, 0.3) is 11.8 Å². The summed E-state index contributed by atoms with van der Waals surface area (Å²) in [5, 5.41) is 5.42. The molecule has 5 nitrogen and oxygen atoms in total. The molecule has 1 aliphatic heterocycles. The summed E-state index contributed by atoms with van der Waals surface area (Å²) in [7, 11) is 0. The van der Waals surface area contributed by atoms with Crippen molar-refractivity contribution in [2.45, 2.75) is 19.8 Å². The molecule has 0 bridgehead atoms. The molecule has 1 saturated heterocycles. The van der Waals surface area contributed by atoms with E-state index in [4.69, 9.17) is 0 Å². The Morgan fingerprint density at radius 1 is 1.00 bits per heavy atom. The van der Waals surface area contributed by atoms with E-state index in [-0.39, 0.29) is 11.8 Å². The van der Waals surface area contributed by atoms with Crippen molar-refractivity contribution in [3.05, 3.63) is 70.7 Å². The Labute approximate surface area is 168 Å². The lowest BCUT2D eigenvalue weighted by Crippen LogP contribution is -2.27. The minimum Gasteiger partial charge on any atom is -0.339 e. The number of aromatic nitrogens is 1. The highest BCUT2D eigenvalue weighted by Crippen LogP contribution is 2.24. The average molecular weight is 391 g/mol. The van der Waals surface area contributed by atoms with E-state index in [2.05, 4.69) is 10.3 Å². The topological polar surface area (TPSA) is 62.3 Å². The van der Waals surface area contributed by atoms with Crippen molar-refractivity contribution in [3.63, 3.8) is 0 Å². The first-order valence-electron chi connectivity index (χ1n) is 9.33. The van der Waals surface area contributed by atoms with Gasteiger partial charge < -0.3 is 10.2 Å². The summed E-state index contributed by atoms with van der Waals surface area (Å²) in [4.78, 5) is 31.2. The fourth-order valence-corrected chi connectivity index (χ4v) is 4.01. The van der Waals surface area contributed by atoms with Crippen molar-refractivity contribution in [2.24, 2.45) is 0 Å². The van der Waals surface area contributed by atoms with Crippen LogP contribution in [0.4, 0.5) is 5.69 Å². The zero-order chi connectivity index (χ0) is 19.5. The summed E-state index contributed by atoms with van der Waals surface area (Å²) >= 11 is 1.45. The summed E-state index contributed by atoms with van der Waals surface area (Å²) < 4.78 is 0. The number of hydrogen-bond acceptors (Lipinski definition) is 4. The Morgan fingerprint density at radius 3 is 2.36 bits per heavy atom. The summed E-state index contributed by atoms with van der Waals surface area (Å²) in [6.07, 6.45) is 2.14. The number of thiazole rings is 1. The standard InChI is InChI=1S/C22H21N3O2S/c1-15-4-6-16(7-5-15)21-24-19(14-28-21)20(26)23-18-10-8-17(9-11-18)22(27)25-12-2-3-13-25/h4-11,14H,2-3,12-13H2,1H3,(H,23,26). The van der Waals surface area contributed by atoms with Crippen molar-refractivity contribution in [1.29, 1.82) is 0 Å². The van der Waals surface area contributed by atoms with Gasteiger partial charge in [0, 0.05) is 35.3 Å². The molecule has 3 aromatic rings. The van der Waals surface area contributed by atoms with Crippen molar-refractivity contribution < 1.29 is 9.59 Å². The number of hydrogen-bond donors (Lipinski definition) is 1. The summed E-state index contributed by atoms with van der Waals surface area (Å²) in [6, 6.07) is 15.1. The van der Waals surface area contributed by atoms with Gasteiger partial charge in [0.1, 0.15) is 10.7 Å². The van der Waals surface area contributed by atoms with Crippen molar-refractivity contribution in [3.8, 4) is 10.6 Å². The molecule has 0 spiro atoms. The molecule has 0 atom stereocenters. The normalized spacial score (nSPS) is 13.5. The lowest BCUT2D eigenvalue weighted by Gasteiger charge is -2.15. The molecule has 2 amide bonds. The highest BCUT2D eigenvalue weighted by atomic mass is 32.1. The third-order valence-electron chi connectivity index (χ3n) is 4.82. The second-order valence-electron chi connectivity index (χ2n) is 6.93. The van der Waals surface area contributed by atoms with E-state index in [0.717, 1.165) is 36.5 Å². The van der Waals surface area contributed by atoms with E-state index >= 15 is 0 Å². The molecule has 2 aromatic carbocycles. The first-order valence-corrected chi connectivity index (χ1v) is 10.2. The van der Waals surface area contributed by atoms with Gasteiger partial charge in [-0.05, 0) is 44.0 Å². The molecular formula is C22H21N3O2S. The van der Waals surface area contributed by atoms with Gasteiger partial charge in [-0.15, -0.1) is 11.3 Å². The molecule has 28 heavy (non-hydrogen) atoms. The number of rotatable bonds is 4. The van der Waals surface area contributed by atoms with Crippen LogP contribution >= 0.6 is 11.3 Å². The zero-order valence-corrected chi connectivity index (χ0v) is 16.5. The predicted octanol–water partition coefficient (Wildman–Crippen LogP) is 4.61. The first-order chi connectivity index (χ1) is 13.6. The number of anilines is 1. The van der Waals surface area contributed by atoms with E-state index in [1.807, 2.05) is 36.1 Å². The van der Waals surface area contributed by atoms with Gasteiger partial charge in [0.15, 0.2) is 0 Å². The van der Waals surface area contributed by atoms with Gasteiger partial charge in [-0.1, -0.05) is 29.8 Å². The molecule has 4 rings (SSSR count). The van der Waals surface area contributed by atoms with E-state index < -0.39 is 0 Å². The van der Waals surface area contributed by atoms with Crippen LogP contribution in [0.5, 0.6) is 0 Å². The van der Waals surface area contributed by atoms with Crippen LogP contribution in [0.15, 0.2) is 53.9 Å². The number of likely N-dealkylation sites (tertiary alicyclic amines) is 1. The number of amides is 2. The molecule has 1 fully saturated rings. The van der Waals surface area contributed by atoms with Crippen LogP contribution in [-0.4, -0.2) is 34.8 Å². The Kier molecular flexibility index (Phi) is 5.21. The maximum absolute atomic E-state index is 12.5. The number of nitrogens with one attached hydrogen (secondary N) is 1. The lowest BCUT2D eigenvalue weighted by molar-refractivity contribution is 0.0792. The van der Waals surface area contributed by atoms with E-state index in [1.165, 1.54) is 16.9 Å². The summed E-state index contributed by atoms with van der Waals surface area (Å²) in [5.41, 5.74) is 3.87. The molecular weight excluding hydrogens is 370 g/mol. The van der Waals surface area contributed by atoms with E-state index in [1.54, 1.807) is 29.6 Å². The van der Waals surface area contributed by atoms with Crippen LogP contribution in [0.25, 0.3) is 10.6 Å². The van der Waals surface area contributed by atoms with Crippen LogP contribution in [0, 0.1) is 6.92 Å². The Balaban J connectivity index is 1.42. The van der Waals surface area contributed by atoms with Gasteiger partial charge in [0.2, 0.25) is 0 Å². The number of aryl methyl sites for hydroxylation is 1. The van der Waals surface area contributed by atoms with E-state index in [9.17, 15) is 9.59 Å². The molecule has 0 unspecified atom stereocenters. The second kappa shape index (κ2) is 7.94. The minimum absolute atomic E-state index is 0.0533. The fourth-order valence-electron chi connectivity index (χ4n) is 3.20. The van der Waals surface area contributed by atoms with Gasteiger partial charge >= 0.3 is 0 Å². The molecule has 1 N–H and O–H groups in total. The zero-order valence-electron chi connectivity index (χ0n) is 15.6. The van der Waals surface area contributed by atoms with Crippen LogP contribution in [0.1, 0.15) is 39.3 Å². The van der Waals surface area contributed by atoms with Gasteiger partial charge in [-0.2, -0.15) is 0 Å². The highest BCUT2D eigenvalue weighted by Gasteiger charge is 2.19. The van der Waals surface area contributed by atoms with Crippen LogP contribution in [0.2, 0.25) is 0 Å². The first kappa shape index (κ1) is 18.4. The maximum atomic E-state index is 12.5. The quantitative estimate of drug-likeness (QED) is 0.707. The van der Waals surface area contributed by atoms with Gasteiger partial charge in [-0.3, -0.25) is 9.59 Å². The third kappa shape index (κ3) is 3.97. The fraction of sp³-hybridized carbons (Fsp3) is 0.227.